The Morgan fingerprint density at radius 2 is 2.15 bits per heavy atom. The summed E-state index contributed by atoms with van der Waals surface area (Å²) >= 11 is 0. The standard InChI is InChI=1S/C16H17N3O/c1-10-2-6-13(20-10)9-19-15-7-5-12(17)8-14(15)18-16(19)11-3-4-11/h2,5-8,11H,3-4,9,17H2,1H3. The summed E-state index contributed by atoms with van der Waals surface area (Å²) in [7, 11) is 0. The van der Waals surface area contributed by atoms with Crippen LogP contribution in [-0.2, 0) is 6.54 Å². The molecule has 102 valence electrons. The van der Waals surface area contributed by atoms with Gasteiger partial charge in [0.15, 0.2) is 0 Å². The summed E-state index contributed by atoms with van der Waals surface area (Å²) in [5.74, 6) is 3.68. The number of nitrogens with zero attached hydrogens (tertiary/aromatic N) is 2. The van der Waals surface area contributed by atoms with E-state index in [-0.39, 0.29) is 0 Å². The van der Waals surface area contributed by atoms with E-state index in [1.807, 2.05) is 31.2 Å². The summed E-state index contributed by atoms with van der Waals surface area (Å²) < 4.78 is 7.98. The maximum atomic E-state index is 5.86. The molecule has 1 fully saturated rings. The molecule has 0 aliphatic heterocycles. The van der Waals surface area contributed by atoms with E-state index in [1.165, 1.54) is 18.7 Å². The SMILES string of the molecule is Cc1ccc(Cn2c(C3CC3)nc3cc(N)ccc32)o1. The number of hydrogen-bond acceptors (Lipinski definition) is 3. The molecule has 4 heteroatoms. The molecule has 0 bridgehead atoms. The summed E-state index contributed by atoms with van der Waals surface area (Å²) in [5.41, 5.74) is 8.74. The number of furan rings is 1. The molecule has 1 aromatic carbocycles. The molecule has 4 nitrogen and oxygen atoms in total. The van der Waals surface area contributed by atoms with Crippen LogP contribution < -0.4 is 5.73 Å². The molecule has 1 aliphatic carbocycles. The van der Waals surface area contributed by atoms with Gasteiger partial charge in [-0.05, 0) is 50.1 Å². The third-order valence-electron chi connectivity index (χ3n) is 3.85. The largest absolute Gasteiger partial charge is 0.464 e. The number of nitrogens with two attached hydrogens (primary N) is 1. The Labute approximate surface area is 117 Å². The van der Waals surface area contributed by atoms with Crippen molar-refractivity contribution in [3.05, 3.63) is 47.7 Å². The second kappa shape index (κ2) is 4.13. The fourth-order valence-corrected chi connectivity index (χ4v) is 2.71. The number of anilines is 1. The van der Waals surface area contributed by atoms with Crippen LogP contribution in [0.2, 0.25) is 0 Å². The smallest absolute Gasteiger partial charge is 0.123 e. The van der Waals surface area contributed by atoms with Crippen LogP contribution in [0.4, 0.5) is 5.69 Å². The lowest BCUT2D eigenvalue weighted by Crippen LogP contribution is -2.03. The van der Waals surface area contributed by atoms with E-state index >= 15 is 0 Å². The van der Waals surface area contributed by atoms with Gasteiger partial charge >= 0.3 is 0 Å². The average Bonchev–Trinajstić information content (AvgIpc) is 3.10. The topological polar surface area (TPSA) is 57.0 Å². The number of aryl methyl sites for hydroxylation is 1. The summed E-state index contributed by atoms with van der Waals surface area (Å²) in [6.07, 6.45) is 2.46. The molecular formula is C16H17N3O. The monoisotopic (exact) mass is 267 g/mol. The molecule has 1 aliphatic rings. The number of hydrogen-bond donors (Lipinski definition) is 1. The highest BCUT2D eigenvalue weighted by atomic mass is 16.3. The average molecular weight is 267 g/mol. The Bertz CT molecular complexity index is 780. The van der Waals surface area contributed by atoms with Crippen LogP contribution in [-0.4, -0.2) is 9.55 Å². The van der Waals surface area contributed by atoms with Gasteiger partial charge in [-0.25, -0.2) is 4.98 Å². The highest BCUT2D eigenvalue weighted by Crippen LogP contribution is 2.41. The maximum Gasteiger partial charge on any atom is 0.123 e. The van der Waals surface area contributed by atoms with Crippen LogP contribution in [0.1, 0.15) is 36.1 Å². The van der Waals surface area contributed by atoms with Gasteiger partial charge in [0.2, 0.25) is 0 Å². The fourth-order valence-electron chi connectivity index (χ4n) is 2.71. The van der Waals surface area contributed by atoms with Crippen molar-refractivity contribution in [2.45, 2.75) is 32.2 Å². The van der Waals surface area contributed by atoms with Crippen LogP contribution in [0.25, 0.3) is 11.0 Å². The van der Waals surface area contributed by atoms with Gasteiger partial charge in [0.05, 0.1) is 17.6 Å². The molecule has 0 spiro atoms. The Hall–Kier alpha value is -2.23. The Kier molecular flexibility index (Phi) is 2.39. The molecule has 2 N–H and O–H groups in total. The molecule has 4 rings (SSSR count). The number of benzene rings is 1. The van der Waals surface area contributed by atoms with Gasteiger partial charge in [0.25, 0.3) is 0 Å². The number of nitrogen functional groups attached to an aromatic ring is 1. The molecule has 3 aromatic rings. The number of imidazole rings is 1. The highest BCUT2D eigenvalue weighted by molar-refractivity contribution is 5.80. The van der Waals surface area contributed by atoms with Crippen LogP contribution in [0.15, 0.2) is 34.7 Å². The van der Waals surface area contributed by atoms with Gasteiger partial charge < -0.3 is 14.7 Å². The Morgan fingerprint density at radius 1 is 1.30 bits per heavy atom. The van der Waals surface area contributed by atoms with Crippen LogP contribution in [0.3, 0.4) is 0 Å². The van der Waals surface area contributed by atoms with Gasteiger partial charge in [-0.15, -0.1) is 0 Å². The molecular weight excluding hydrogens is 250 g/mol. The van der Waals surface area contributed by atoms with E-state index in [4.69, 9.17) is 15.1 Å². The number of rotatable bonds is 3. The third kappa shape index (κ3) is 1.88. The third-order valence-corrected chi connectivity index (χ3v) is 3.85. The first kappa shape index (κ1) is 11.6. The van der Waals surface area contributed by atoms with Crippen molar-refractivity contribution in [1.29, 1.82) is 0 Å². The molecule has 0 amide bonds. The van der Waals surface area contributed by atoms with Gasteiger partial charge in [0.1, 0.15) is 17.3 Å². The van der Waals surface area contributed by atoms with Crippen molar-refractivity contribution in [2.75, 3.05) is 5.73 Å². The minimum atomic E-state index is 0.597. The summed E-state index contributed by atoms with van der Waals surface area (Å²) in [6, 6.07) is 9.98. The van der Waals surface area contributed by atoms with Crippen LogP contribution in [0.5, 0.6) is 0 Å². The van der Waals surface area contributed by atoms with Crippen molar-refractivity contribution < 1.29 is 4.42 Å². The zero-order chi connectivity index (χ0) is 13.7. The van der Waals surface area contributed by atoms with Crippen molar-refractivity contribution in [2.24, 2.45) is 0 Å². The van der Waals surface area contributed by atoms with E-state index in [0.717, 1.165) is 34.8 Å². The lowest BCUT2D eigenvalue weighted by molar-refractivity contribution is 0.469. The van der Waals surface area contributed by atoms with E-state index in [1.54, 1.807) is 0 Å². The molecule has 0 radical (unpaired) electrons. The molecule has 2 heterocycles. The van der Waals surface area contributed by atoms with Crippen molar-refractivity contribution >= 4 is 16.7 Å². The molecule has 0 atom stereocenters. The Morgan fingerprint density at radius 3 is 2.85 bits per heavy atom. The second-order valence-corrected chi connectivity index (χ2v) is 5.59. The lowest BCUT2D eigenvalue weighted by Gasteiger charge is -2.06. The predicted molar refractivity (Wildman–Crippen MR) is 78.7 cm³/mol. The van der Waals surface area contributed by atoms with Gasteiger partial charge in [0, 0.05) is 11.6 Å². The molecule has 20 heavy (non-hydrogen) atoms. The first-order chi connectivity index (χ1) is 9.70. The number of aromatic nitrogens is 2. The molecule has 0 saturated heterocycles. The second-order valence-electron chi connectivity index (χ2n) is 5.59. The predicted octanol–water partition coefficient (Wildman–Crippen LogP) is 3.45. The van der Waals surface area contributed by atoms with Gasteiger partial charge in [-0.1, -0.05) is 0 Å². The minimum absolute atomic E-state index is 0.597. The molecule has 1 saturated carbocycles. The quantitative estimate of drug-likeness (QED) is 0.739. The highest BCUT2D eigenvalue weighted by Gasteiger charge is 2.29. The normalized spacial score (nSPS) is 15.1. The summed E-state index contributed by atoms with van der Waals surface area (Å²) in [4.78, 5) is 4.78. The maximum absolute atomic E-state index is 5.86. The van der Waals surface area contributed by atoms with Crippen LogP contribution in [0, 0.1) is 6.92 Å². The van der Waals surface area contributed by atoms with E-state index in [2.05, 4.69) is 10.6 Å². The van der Waals surface area contributed by atoms with E-state index in [0.29, 0.717) is 5.92 Å². The summed E-state index contributed by atoms with van der Waals surface area (Å²) in [6.45, 7) is 2.71. The lowest BCUT2D eigenvalue weighted by atomic mass is 10.3. The van der Waals surface area contributed by atoms with Crippen molar-refractivity contribution in [3.8, 4) is 0 Å². The Balaban J connectivity index is 1.84. The van der Waals surface area contributed by atoms with E-state index < -0.39 is 0 Å². The zero-order valence-corrected chi connectivity index (χ0v) is 11.5. The summed E-state index contributed by atoms with van der Waals surface area (Å²) in [5, 5.41) is 0. The number of fused-ring (bicyclic) bond motifs is 1. The van der Waals surface area contributed by atoms with Crippen LogP contribution >= 0.6 is 0 Å². The fraction of sp³-hybridized carbons (Fsp3) is 0.312. The van der Waals surface area contributed by atoms with Crippen molar-refractivity contribution in [1.82, 2.24) is 9.55 Å². The molecule has 0 unspecified atom stereocenters. The first-order valence-electron chi connectivity index (χ1n) is 7.02. The van der Waals surface area contributed by atoms with Crippen molar-refractivity contribution in [3.63, 3.8) is 0 Å². The van der Waals surface area contributed by atoms with E-state index in [9.17, 15) is 0 Å². The first-order valence-corrected chi connectivity index (χ1v) is 7.02. The zero-order valence-electron chi connectivity index (χ0n) is 11.5. The van der Waals surface area contributed by atoms with Gasteiger partial charge in [-0.2, -0.15) is 0 Å². The molecule has 2 aromatic heterocycles. The minimum Gasteiger partial charge on any atom is -0.464 e. The van der Waals surface area contributed by atoms with Gasteiger partial charge in [-0.3, -0.25) is 0 Å².